The first-order valence-electron chi connectivity index (χ1n) is 21.3. The normalized spacial score (nSPS) is 11.6. The van der Waals surface area contributed by atoms with Gasteiger partial charge >= 0.3 is 0 Å². The molecule has 0 atom stereocenters. The van der Waals surface area contributed by atoms with Crippen molar-refractivity contribution in [2.45, 2.75) is 6.42 Å². The average Bonchev–Trinajstić information content (AvgIpc) is 3.90. The Hall–Kier alpha value is -8.14. The summed E-state index contributed by atoms with van der Waals surface area (Å²) in [4.78, 5) is 2.39. The van der Waals surface area contributed by atoms with Crippen molar-refractivity contribution in [2.24, 2.45) is 0 Å². The second kappa shape index (κ2) is 14.8. The Morgan fingerprint density at radius 2 is 1.05 bits per heavy atom. The summed E-state index contributed by atoms with van der Waals surface area (Å²) in [7, 11) is 0. The fourth-order valence-corrected chi connectivity index (χ4v) is 9.57. The Bertz CT molecular complexity index is 3590. The number of nitrogens with zero attached hydrogens (tertiary/aromatic N) is 2. The molecule has 3 nitrogen and oxygen atoms in total. The van der Waals surface area contributed by atoms with Crippen LogP contribution in [-0.4, -0.2) is 4.57 Å². The molecule has 0 fully saturated rings. The van der Waals surface area contributed by atoms with Crippen LogP contribution in [0.4, 0.5) is 17.1 Å². The number of fused-ring (bicyclic) bond motifs is 8. The molecule has 0 radical (unpaired) electrons. The van der Waals surface area contributed by atoms with E-state index in [2.05, 4.69) is 240 Å². The third kappa shape index (κ3) is 6.05. The fraction of sp³-hybridized carbons (Fsp3) is 0.0169. The zero-order valence-corrected chi connectivity index (χ0v) is 33.9. The molecule has 2 heterocycles. The number of para-hydroxylation sites is 3. The molecule has 0 unspecified atom stereocenters. The Labute approximate surface area is 360 Å². The van der Waals surface area contributed by atoms with Crippen LogP contribution in [0, 0.1) is 0 Å². The van der Waals surface area contributed by atoms with Gasteiger partial charge < -0.3 is 13.9 Å². The number of aromatic nitrogens is 1. The number of furan rings is 1. The Balaban J connectivity index is 1.12. The van der Waals surface area contributed by atoms with Crippen molar-refractivity contribution in [3.8, 4) is 27.9 Å². The third-order valence-corrected chi connectivity index (χ3v) is 12.4. The minimum absolute atomic E-state index is 0.714. The summed E-state index contributed by atoms with van der Waals surface area (Å²) < 4.78 is 9.51. The summed E-state index contributed by atoms with van der Waals surface area (Å²) in [5.41, 5.74) is 15.5. The van der Waals surface area contributed by atoms with E-state index in [0.29, 0.717) is 6.42 Å². The molecule has 0 saturated heterocycles. The van der Waals surface area contributed by atoms with Gasteiger partial charge in [0, 0.05) is 38.6 Å². The van der Waals surface area contributed by atoms with Crippen LogP contribution < -0.4 is 4.90 Å². The van der Waals surface area contributed by atoms with Crippen LogP contribution in [-0.2, 0) is 6.42 Å². The summed E-state index contributed by atoms with van der Waals surface area (Å²) >= 11 is 0. The molecule has 62 heavy (non-hydrogen) atoms. The van der Waals surface area contributed by atoms with E-state index in [9.17, 15) is 0 Å². The second-order valence-corrected chi connectivity index (χ2v) is 16.1. The highest BCUT2D eigenvalue weighted by atomic mass is 16.3. The molecule has 0 saturated carbocycles. The van der Waals surface area contributed by atoms with Gasteiger partial charge in [0.15, 0.2) is 5.58 Å². The predicted molar refractivity (Wildman–Crippen MR) is 260 cm³/mol. The van der Waals surface area contributed by atoms with Gasteiger partial charge in [0.05, 0.1) is 16.7 Å². The topological polar surface area (TPSA) is 21.3 Å². The Kier molecular flexibility index (Phi) is 8.57. The number of benzene rings is 10. The van der Waals surface area contributed by atoms with E-state index in [1.54, 1.807) is 0 Å². The molecule has 10 aromatic carbocycles. The summed E-state index contributed by atoms with van der Waals surface area (Å²) in [5.74, 6) is 0. The highest BCUT2D eigenvalue weighted by Crippen LogP contribution is 2.46. The maximum atomic E-state index is 7.07. The lowest BCUT2D eigenvalue weighted by atomic mass is 9.97. The van der Waals surface area contributed by atoms with Gasteiger partial charge in [-0.1, -0.05) is 170 Å². The van der Waals surface area contributed by atoms with Gasteiger partial charge in [0.25, 0.3) is 0 Å². The van der Waals surface area contributed by atoms with Gasteiger partial charge in [-0.2, -0.15) is 0 Å². The molecule has 0 bridgehead atoms. The Morgan fingerprint density at radius 1 is 0.419 bits per heavy atom. The lowest BCUT2D eigenvalue weighted by molar-refractivity contribution is 0.669. The number of hydrogen-bond acceptors (Lipinski definition) is 2. The van der Waals surface area contributed by atoms with Gasteiger partial charge in [-0.3, -0.25) is 0 Å². The van der Waals surface area contributed by atoms with Crippen molar-refractivity contribution in [2.75, 3.05) is 4.90 Å². The maximum Gasteiger partial charge on any atom is 0.159 e. The van der Waals surface area contributed by atoms with E-state index in [-0.39, 0.29) is 0 Å². The van der Waals surface area contributed by atoms with E-state index in [0.717, 1.165) is 50.3 Å². The molecule has 292 valence electrons. The summed E-state index contributed by atoms with van der Waals surface area (Å²) in [6.45, 7) is 0. The standard InChI is InChI=1S/C59H40N2O/c1-4-16-41(17-5-1)43-30-33-48(34-31-43)60(49-25-14-21-45(39-49)42-18-6-2-7-19-42)55-38-40(37-53-57-50-26-11-10-20-44(50)32-35-56(57)62-59(53)55)36-46-22-15-28-52-51-27-12-13-29-54(51)61(58(46)52)47-23-8-3-9-24-47/h1-35,37-39H,36H2. The molecule has 0 N–H and O–H groups in total. The quantitative estimate of drug-likeness (QED) is 0.153. The molecule has 12 rings (SSSR count). The zero-order chi connectivity index (χ0) is 41.0. The van der Waals surface area contributed by atoms with Crippen LogP contribution in [0.2, 0.25) is 0 Å². The Morgan fingerprint density at radius 3 is 1.84 bits per heavy atom. The molecular formula is C59H40N2O. The molecular weight excluding hydrogens is 753 g/mol. The third-order valence-electron chi connectivity index (χ3n) is 12.4. The lowest BCUT2D eigenvalue weighted by Crippen LogP contribution is -2.11. The van der Waals surface area contributed by atoms with Crippen LogP contribution in [0.3, 0.4) is 0 Å². The van der Waals surface area contributed by atoms with Gasteiger partial charge in [0.2, 0.25) is 0 Å². The van der Waals surface area contributed by atoms with Crippen molar-refractivity contribution in [3.63, 3.8) is 0 Å². The molecule has 0 spiro atoms. The number of rotatable bonds is 8. The maximum absolute atomic E-state index is 7.07. The van der Waals surface area contributed by atoms with Gasteiger partial charge in [0.1, 0.15) is 5.58 Å². The molecule has 12 aromatic rings. The molecule has 0 aliphatic rings. The first kappa shape index (κ1) is 35.8. The fourth-order valence-electron chi connectivity index (χ4n) is 9.57. The van der Waals surface area contributed by atoms with E-state index in [1.165, 1.54) is 60.4 Å². The lowest BCUT2D eigenvalue weighted by Gasteiger charge is -2.27. The molecule has 0 aliphatic carbocycles. The van der Waals surface area contributed by atoms with Crippen molar-refractivity contribution in [1.29, 1.82) is 0 Å². The van der Waals surface area contributed by atoms with Crippen LogP contribution in [0.5, 0.6) is 0 Å². The number of anilines is 3. The van der Waals surface area contributed by atoms with Gasteiger partial charge in [-0.05, 0) is 111 Å². The minimum Gasteiger partial charge on any atom is -0.454 e. The van der Waals surface area contributed by atoms with Gasteiger partial charge in [-0.15, -0.1) is 0 Å². The molecule has 3 heteroatoms. The smallest absolute Gasteiger partial charge is 0.159 e. The van der Waals surface area contributed by atoms with Crippen molar-refractivity contribution >= 4 is 71.6 Å². The van der Waals surface area contributed by atoms with E-state index < -0.39 is 0 Å². The summed E-state index contributed by atoms with van der Waals surface area (Å²) in [5, 5.41) is 7.11. The monoisotopic (exact) mass is 792 g/mol. The van der Waals surface area contributed by atoms with E-state index in [1.807, 2.05) is 0 Å². The zero-order valence-electron chi connectivity index (χ0n) is 33.9. The SMILES string of the molecule is c1ccc(-c2ccc(N(c3cccc(-c4ccccc4)c3)c3cc(Cc4cccc5c6ccccc6n(-c6ccccc6)c45)cc4c3oc3ccc5ccccc5c34)cc2)cc1. The molecule has 0 amide bonds. The molecule has 2 aromatic heterocycles. The summed E-state index contributed by atoms with van der Waals surface area (Å²) in [6.07, 6.45) is 0.714. The van der Waals surface area contributed by atoms with Gasteiger partial charge in [-0.25, -0.2) is 0 Å². The van der Waals surface area contributed by atoms with Crippen molar-refractivity contribution in [1.82, 2.24) is 4.57 Å². The van der Waals surface area contributed by atoms with Crippen LogP contribution in [0.25, 0.3) is 82.5 Å². The van der Waals surface area contributed by atoms with E-state index >= 15 is 0 Å². The second-order valence-electron chi connectivity index (χ2n) is 16.1. The highest BCUT2D eigenvalue weighted by molar-refractivity contribution is 6.21. The average molecular weight is 793 g/mol. The predicted octanol–water partition coefficient (Wildman–Crippen LogP) is 16.2. The minimum atomic E-state index is 0.714. The first-order chi connectivity index (χ1) is 30.7. The number of hydrogen-bond donors (Lipinski definition) is 0. The largest absolute Gasteiger partial charge is 0.454 e. The summed E-state index contributed by atoms with van der Waals surface area (Å²) in [6, 6.07) is 83.1. The highest BCUT2D eigenvalue weighted by Gasteiger charge is 2.24. The molecule has 0 aliphatic heterocycles. The first-order valence-corrected chi connectivity index (χ1v) is 21.3. The van der Waals surface area contributed by atoms with Crippen molar-refractivity contribution in [3.05, 3.63) is 242 Å². The van der Waals surface area contributed by atoms with Crippen LogP contribution >= 0.6 is 0 Å². The van der Waals surface area contributed by atoms with Crippen molar-refractivity contribution < 1.29 is 4.42 Å². The van der Waals surface area contributed by atoms with E-state index in [4.69, 9.17) is 4.42 Å². The van der Waals surface area contributed by atoms with Crippen LogP contribution in [0.15, 0.2) is 235 Å². The van der Waals surface area contributed by atoms with Crippen LogP contribution in [0.1, 0.15) is 11.1 Å².